The van der Waals surface area contributed by atoms with E-state index in [1.807, 2.05) is 6.92 Å². The van der Waals surface area contributed by atoms with Gasteiger partial charge < -0.3 is 11.1 Å². The van der Waals surface area contributed by atoms with Gasteiger partial charge in [0.2, 0.25) is 5.91 Å². The lowest BCUT2D eigenvalue weighted by atomic mass is 10.3. The van der Waals surface area contributed by atoms with Crippen LogP contribution in [0.3, 0.4) is 0 Å². The van der Waals surface area contributed by atoms with Crippen molar-refractivity contribution in [3.63, 3.8) is 0 Å². The fourth-order valence-corrected chi connectivity index (χ4v) is 2.66. The average Bonchev–Trinajstić information content (AvgIpc) is 2.79. The van der Waals surface area contributed by atoms with Gasteiger partial charge in [0.1, 0.15) is 0 Å². The van der Waals surface area contributed by atoms with Gasteiger partial charge in [-0.3, -0.25) is 9.36 Å². The number of hydrogen-bond acceptors (Lipinski definition) is 5. The number of nitrogens with two attached hydrogens (primary N) is 1. The number of thioether (sulfide) groups is 1. The van der Waals surface area contributed by atoms with E-state index in [1.165, 1.54) is 16.3 Å². The Bertz CT molecular complexity index is 694. The number of nitrogen functional groups attached to an aromatic ring is 1. The van der Waals surface area contributed by atoms with E-state index in [4.69, 9.17) is 5.73 Å². The highest BCUT2D eigenvalue weighted by atomic mass is 32.2. The lowest BCUT2D eigenvalue weighted by Crippen LogP contribution is -2.23. The molecule has 1 amide bonds. The molecule has 112 valence electrons. The van der Waals surface area contributed by atoms with E-state index in [0.29, 0.717) is 23.1 Å². The quantitative estimate of drug-likeness (QED) is 0.570. The molecule has 2 rings (SSSR count). The van der Waals surface area contributed by atoms with Crippen LogP contribution in [0.5, 0.6) is 0 Å². The van der Waals surface area contributed by atoms with Gasteiger partial charge in [-0.05, 0) is 32.0 Å². The van der Waals surface area contributed by atoms with E-state index in [0.717, 1.165) is 0 Å². The van der Waals surface area contributed by atoms with Crippen molar-refractivity contribution < 1.29 is 4.79 Å². The molecule has 0 aliphatic carbocycles. The lowest BCUT2D eigenvalue weighted by Gasteiger charge is -2.12. The van der Waals surface area contributed by atoms with Crippen LogP contribution in [0, 0.1) is 0 Å². The summed E-state index contributed by atoms with van der Waals surface area (Å²) in [5, 5.41) is 9.18. The van der Waals surface area contributed by atoms with Crippen molar-refractivity contribution in [2.24, 2.45) is 0 Å². The molecule has 1 unspecified atom stereocenters. The maximum absolute atomic E-state index is 12.1. The maximum Gasteiger partial charge on any atom is 0.343 e. The Morgan fingerprint density at radius 2 is 2.33 bits per heavy atom. The first-order valence-electron chi connectivity index (χ1n) is 6.49. The van der Waals surface area contributed by atoms with E-state index in [1.54, 1.807) is 31.2 Å². The minimum absolute atomic E-state index is 0.177. The summed E-state index contributed by atoms with van der Waals surface area (Å²) in [6.45, 7) is 4.10. The fourth-order valence-electron chi connectivity index (χ4n) is 1.74. The largest absolute Gasteiger partial charge is 0.399 e. The number of rotatable bonds is 5. The third kappa shape index (κ3) is 3.66. The highest BCUT2D eigenvalue weighted by Crippen LogP contribution is 2.21. The molecule has 4 N–H and O–H groups in total. The Labute approximate surface area is 125 Å². The minimum Gasteiger partial charge on any atom is -0.399 e. The van der Waals surface area contributed by atoms with Gasteiger partial charge >= 0.3 is 5.69 Å². The monoisotopic (exact) mass is 307 g/mol. The van der Waals surface area contributed by atoms with Crippen LogP contribution in [-0.2, 0) is 11.3 Å². The van der Waals surface area contributed by atoms with Crippen molar-refractivity contribution in [3.8, 4) is 0 Å². The summed E-state index contributed by atoms with van der Waals surface area (Å²) in [5.41, 5.74) is 6.62. The zero-order chi connectivity index (χ0) is 15.4. The summed E-state index contributed by atoms with van der Waals surface area (Å²) in [6.07, 6.45) is 0. The maximum atomic E-state index is 12.1. The van der Waals surface area contributed by atoms with E-state index in [-0.39, 0.29) is 11.6 Å². The van der Waals surface area contributed by atoms with Gasteiger partial charge in [-0.1, -0.05) is 17.8 Å². The second-order valence-electron chi connectivity index (χ2n) is 4.43. The zero-order valence-corrected chi connectivity index (χ0v) is 12.6. The molecule has 0 aliphatic heterocycles. The second-order valence-corrected chi connectivity index (χ2v) is 5.74. The number of hydrogen-bond donors (Lipinski definition) is 3. The molecule has 1 heterocycles. The third-order valence-electron chi connectivity index (χ3n) is 2.85. The van der Waals surface area contributed by atoms with Crippen molar-refractivity contribution in [1.29, 1.82) is 0 Å². The Kier molecular flexibility index (Phi) is 4.69. The van der Waals surface area contributed by atoms with E-state index >= 15 is 0 Å². The Hall–Kier alpha value is -2.22. The summed E-state index contributed by atoms with van der Waals surface area (Å²) in [5.74, 6) is -0.177. The van der Waals surface area contributed by atoms with Crippen molar-refractivity contribution in [1.82, 2.24) is 14.8 Å². The van der Waals surface area contributed by atoms with Crippen molar-refractivity contribution in [2.45, 2.75) is 30.8 Å². The van der Waals surface area contributed by atoms with Crippen LogP contribution in [0.4, 0.5) is 11.4 Å². The molecular weight excluding hydrogens is 290 g/mol. The molecule has 7 nitrogen and oxygen atoms in total. The molecule has 1 aromatic heterocycles. The lowest BCUT2D eigenvalue weighted by molar-refractivity contribution is -0.115. The molecule has 0 spiro atoms. The SMILES string of the molecule is CCn1c(SC(C)C(=O)Nc2cccc(N)c2)n[nH]c1=O. The van der Waals surface area contributed by atoms with Gasteiger partial charge in [0, 0.05) is 17.9 Å². The van der Waals surface area contributed by atoms with Crippen LogP contribution in [0.1, 0.15) is 13.8 Å². The second kappa shape index (κ2) is 6.49. The van der Waals surface area contributed by atoms with Crippen LogP contribution in [0.15, 0.2) is 34.2 Å². The van der Waals surface area contributed by atoms with E-state index in [2.05, 4.69) is 15.5 Å². The predicted molar refractivity (Wildman–Crippen MR) is 83.3 cm³/mol. The first-order chi connectivity index (χ1) is 10.0. The Morgan fingerprint density at radius 1 is 1.57 bits per heavy atom. The third-order valence-corrected chi connectivity index (χ3v) is 3.94. The molecule has 0 bridgehead atoms. The van der Waals surface area contributed by atoms with Crippen LogP contribution < -0.4 is 16.7 Å². The highest BCUT2D eigenvalue weighted by molar-refractivity contribution is 8.00. The molecule has 0 fully saturated rings. The van der Waals surface area contributed by atoms with Gasteiger partial charge in [-0.15, -0.1) is 5.10 Å². The highest BCUT2D eigenvalue weighted by Gasteiger charge is 2.18. The fraction of sp³-hybridized carbons (Fsp3) is 0.308. The first kappa shape index (κ1) is 15.2. The number of nitrogens with zero attached hydrogens (tertiary/aromatic N) is 2. The van der Waals surface area contributed by atoms with Gasteiger partial charge in [0.05, 0.1) is 5.25 Å². The predicted octanol–water partition coefficient (Wildman–Crippen LogP) is 1.29. The van der Waals surface area contributed by atoms with E-state index < -0.39 is 5.25 Å². The van der Waals surface area contributed by atoms with E-state index in [9.17, 15) is 9.59 Å². The Balaban J connectivity index is 2.04. The number of aromatic amines is 1. The topological polar surface area (TPSA) is 106 Å². The normalized spacial score (nSPS) is 12.1. The summed E-state index contributed by atoms with van der Waals surface area (Å²) >= 11 is 1.22. The molecule has 0 aliphatic rings. The number of carbonyl (C=O) groups is 1. The number of H-pyrrole nitrogens is 1. The summed E-state index contributed by atoms with van der Waals surface area (Å²) in [6, 6.07) is 6.97. The summed E-state index contributed by atoms with van der Waals surface area (Å²) in [4.78, 5) is 23.6. The Morgan fingerprint density at radius 3 is 3.00 bits per heavy atom. The molecule has 0 saturated carbocycles. The molecule has 2 aromatic rings. The van der Waals surface area contributed by atoms with Gasteiger partial charge in [0.25, 0.3) is 0 Å². The molecule has 0 saturated heterocycles. The average molecular weight is 307 g/mol. The van der Waals surface area contributed by atoms with Gasteiger partial charge in [0.15, 0.2) is 5.16 Å². The number of anilines is 2. The molecule has 8 heteroatoms. The number of nitrogens with one attached hydrogen (secondary N) is 2. The smallest absolute Gasteiger partial charge is 0.343 e. The zero-order valence-electron chi connectivity index (χ0n) is 11.8. The molecule has 1 aromatic carbocycles. The van der Waals surface area contributed by atoms with Gasteiger partial charge in [-0.2, -0.15) is 0 Å². The van der Waals surface area contributed by atoms with Crippen LogP contribution in [0.2, 0.25) is 0 Å². The number of aromatic nitrogens is 3. The molecule has 0 radical (unpaired) electrons. The molecular formula is C13H17N5O2S. The van der Waals surface area contributed by atoms with Crippen molar-refractivity contribution >= 4 is 29.0 Å². The summed E-state index contributed by atoms with van der Waals surface area (Å²) in [7, 11) is 0. The van der Waals surface area contributed by atoms with Crippen LogP contribution in [0.25, 0.3) is 0 Å². The molecule has 21 heavy (non-hydrogen) atoms. The minimum atomic E-state index is -0.396. The number of benzene rings is 1. The van der Waals surface area contributed by atoms with Crippen LogP contribution >= 0.6 is 11.8 Å². The van der Waals surface area contributed by atoms with Crippen LogP contribution in [-0.4, -0.2) is 25.9 Å². The standard InChI is InChI=1S/C13H17N5O2S/c1-3-18-12(20)16-17-13(18)21-8(2)11(19)15-10-6-4-5-9(14)7-10/h4-8H,3,14H2,1-2H3,(H,15,19)(H,16,20). The molecule has 1 atom stereocenters. The summed E-state index contributed by atoms with van der Waals surface area (Å²) < 4.78 is 1.48. The number of carbonyl (C=O) groups excluding carboxylic acids is 1. The van der Waals surface area contributed by atoms with Crippen molar-refractivity contribution in [3.05, 3.63) is 34.7 Å². The van der Waals surface area contributed by atoms with Crippen molar-refractivity contribution in [2.75, 3.05) is 11.1 Å². The first-order valence-corrected chi connectivity index (χ1v) is 7.37. The number of amides is 1. The van der Waals surface area contributed by atoms with Gasteiger partial charge in [-0.25, -0.2) is 9.89 Å².